The van der Waals surface area contributed by atoms with Crippen molar-refractivity contribution >= 4 is 35.6 Å². The molecule has 132 valence electrons. The van der Waals surface area contributed by atoms with Gasteiger partial charge in [0.2, 0.25) is 0 Å². The SMILES string of the molecule is Cl.Nc1cccc(C(=O)Nc2ccccc2C(=O)N2CCCCC2)c1. The van der Waals surface area contributed by atoms with Crippen LogP contribution in [0.5, 0.6) is 0 Å². The number of anilines is 2. The third-order valence-corrected chi connectivity index (χ3v) is 4.20. The maximum absolute atomic E-state index is 12.7. The Labute approximate surface area is 153 Å². The largest absolute Gasteiger partial charge is 0.399 e. The normalized spacial score (nSPS) is 13.7. The van der Waals surface area contributed by atoms with Gasteiger partial charge in [-0.15, -0.1) is 12.4 Å². The van der Waals surface area contributed by atoms with Gasteiger partial charge in [-0.3, -0.25) is 9.59 Å². The first-order valence-corrected chi connectivity index (χ1v) is 8.20. The zero-order valence-corrected chi connectivity index (χ0v) is 14.7. The molecule has 6 heteroatoms. The molecule has 0 saturated carbocycles. The number of benzene rings is 2. The van der Waals surface area contributed by atoms with E-state index in [1.54, 1.807) is 36.4 Å². The number of halogens is 1. The number of nitrogen functional groups attached to an aromatic ring is 1. The second-order valence-corrected chi connectivity index (χ2v) is 5.98. The molecule has 5 nitrogen and oxygen atoms in total. The highest BCUT2D eigenvalue weighted by molar-refractivity contribution is 6.09. The highest BCUT2D eigenvalue weighted by Crippen LogP contribution is 2.21. The molecule has 1 aliphatic heterocycles. The van der Waals surface area contributed by atoms with Crippen LogP contribution in [-0.2, 0) is 0 Å². The minimum Gasteiger partial charge on any atom is -0.399 e. The summed E-state index contributed by atoms with van der Waals surface area (Å²) in [5.74, 6) is -0.306. The van der Waals surface area contributed by atoms with Crippen molar-refractivity contribution in [2.24, 2.45) is 0 Å². The minimum absolute atomic E-state index is 0. The number of hydrogen-bond donors (Lipinski definition) is 2. The van der Waals surface area contributed by atoms with Crippen LogP contribution >= 0.6 is 12.4 Å². The summed E-state index contributed by atoms with van der Waals surface area (Å²) in [5, 5.41) is 2.83. The average molecular weight is 360 g/mol. The lowest BCUT2D eigenvalue weighted by atomic mass is 10.1. The Hall–Kier alpha value is -2.53. The number of piperidine rings is 1. The number of nitrogens with zero attached hydrogens (tertiary/aromatic N) is 1. The van der Waals surface area contributed by atoms with E-state index in [9.17, 15) is 9.59 Å². The van der Waals surface area contributed by atoms with E-state index >= 15 is 0 Å². The van der Waals surface area contributed by atoms with Gasteiger partial charge in [-0.05, 0) is 49.6 Å². The molecule has 25 heavy (non-hydrogen) atoms. The second kappa shape index (κ2) is 8.53. The number of hydrogen-bond acceptors (Lipinski definition) is 3. The molecule has 0 unspecified atom stereocenters. The number of para-hydroxylation sites is 1. The Morgan fingerprint density at radius 3 is 2.40 bits per heavy atom. The first-order valence-electron chi connectivity index (χ1n) is 8.20. The fraction of sp³-hybridized carbons (Fsp3) is 0.263. The van der Waals surface area contributed by atoms with E-state index in [1.807, 2.05) is 17.0 Å². The van der Waals surface area contributed by atoms with Gasteiger partial charge in [0.1, 0.15) is 0 Å². The second-order valence-electron chi connectivity index (χ2n) is 5.98. The van der Waals surface area contributed by atoms with E-state index < -0.39 is 0 Å². The van der Waals surface area contributed by atoms with Crippen molar-refractivity contribution in [1.29, 1.82) is 0 Å². The van der Waals surface area contributed by atoms with Gasteiger partial charge in [0.05, 0.1) is 11.3 Å². The van der Waals surface area contributed by atoms with Crippen molar-refractivity contribution < 1.29 is 9.59 Å². The number of nitrogens with one attached hydrogen (secondary N) is 1. The van der Waals surface area contributed by atoms with Gasteiger partial charge in [-0.1, -0.05) is 18.2 Å². The van der Waals surface area contributed by atoms with Gasteiger partial charge in [0, 0.05) is 24.3 Å². The summed E-state index contributed by atoms with van der Waals surface area (Å²) >= 11 is 0. The fourth-order valence-electron chi connectivity index (χ4n) is 2.92. The highest BCUT2D eigenvalue weighted by Gasteiger charge is 2.21. The number of likely N-dealkylation sites (tertiary alicyclic amines) is 1. The lowest BCUT2D eigenvalue weighted by Gasteiger charge is -2.27. The smallest absolute Gasteiger partial charge is 0.255 e. The van der Waals surface area contributed by atoms with Crippen LogP contribution in [0.4, 0.5) is 11.4 Å². The molecule has 0 bridgehead atoms. The van der Waals surface area contributed by atoms with E-state index in [-0.39, 0.29) is 24.2 Å². The number of rotatable bonds is 3. The molecule has 3 rings (SSSR count). The van der Waals surface area contributed by atoms with E-state index in [1.165, 1.54) is 0 Å². The van der Waals surface area contributed by atoms with Gasteiger partial charge >= 0.3 is 0 Å². The van der Waals surface area contributed by atoms with Crippen molar-refractivity contribution in [3.05, 3.63) is 59.7 Å². The Kier molecular flexibility index (Phi) is 6.42. The van der Waals surface area contributed by atoms with Gasteiger partial charge in [-0.25, -0.2) is 0 Å². The number of nitrogens with two attached hydrogens (primary N) is 1. The summed E-state index contributed by atoms with van der Waals surface area (Å²) in [6, 6.07) is 13.9. The minimum atomic E-state index is -0.277. The van der Waals surface area contributed by atoms with Gasteiger partial charge in [0.15, 0.2) is 0 Å². The maximum Gasteiger partial charge on any atom is 0.255 e. The van der Waals surface area contributed by atoms with Crippen LogP contribution in [0.25, 0.3) is 0 Å². The van der Waals surface area contributed by atoms with Gasteiger partial charge < -0.3 is 16.0 Å². The van der Waals surface area contributed by atoms with Crippen LogP contribution < -0.4 is 11.1 Å². The van der Waals surface area contributed by atoms with E-state index in [2.05, 4.69) is 5.32 Å². The molecule has 2 aromatic carbocycles. The maximum atomic E-state index is 12.7. The molecular formula is C19H22ClN3O2. The van der Waals surface area contributed by atoms with E-state index in [0.29, 0.717) is 22.5 Å². The van der Waals surface area contributed by atoms with Crippen LogP contribution in [0.15, 0.2) is 48.5 Å². The molecule has 2 amide bonds. The summed E-state index contributed by atoms with van der Waals surface area (Å²) < 4.78 is 0. The topological polar surface area (TPSA) is 75.4 Å². The molecular weight excluding hydrogens is 338 g/mol. The van der Waals surface area contributed by atoms with Crippen LogP contribution in [-0.4, -0.2) is 29.8 Å². The summed E-state index contributed by atoms with van der Waals surface area (Å²) in [6.45, 7) is 1.55. The number of carbonyl (C=O) groups is 2. The van der Waals surface area contributed by atoms with Crippen molar-refractivity contribution in [3.8, 4) is 0 Å². The molecule has 2 aromatic rings. The zero-order chi connectivity index (χ0) is 16.9. The molecule has 0 atom stereocenters. The van der Waals surface area contributed by atoms with Gasteiger partial charge in [-0.2, -0.15) is 0 Å². The summed E-state index contributed by atoms with van der Waals surface area (Å²) in [4.78, 5) is 27.0. The third-order valence-electron chi connectivity index (χ3n) is 4.20. The van der Waals surface area contributed by atoms with Crippen molar-refractivity contribution in [3.63, 3.8) is 0 Å². The Bertz CT molecular complexity index is 758. The standard InChI is InChI=1S/C19H21N3O2.ClH/c20-15-8-6-7-14(13-15)18(23)21-17-10-3-2-9-16(17)19(24)22-11-4-1-5-12-22;/h2-3,6-10,13H,1,4-5,11-12,20H2,(H,21,23);1H. The third kappa shape index (κ3) is 4.51. The van der Waals surface area contributed by atoms with Crippen molar-refractivity contribution in [2.45, 2.75) is 19.3 Å². The molecule has 1 fully saturated rings. The first-order chi connectivity index (χ1) is 11.6. The van der Waals surface area contributed by atoms with Crippen LogP contribution in [0.2, 0.25) is 0 Å². The van der Waals surface area contributed by atoms with Crippen LogP contribution in [0, 0.1) is 0 Å². The fourth-order valence-corrected chi connectivity index (χ4v) is 2.92. The lowest BCUT2D eigenvalue weighted by molar-refractivity contribution is 0.0725. The average Bonchev–Trinajstić information content (AvgIpc) is 2.62. The summed E-state index contributed by atoms with van der Waals surface area (Å²) in [6.07, 6.45) is 3.23. The molecule has 1 heterocycles. The van der Waals surface area contributed by atoms with Gasteiger partial charge in [0.25, 0.3) is 11.8 Å². The van der Waals surface area contributed by atoms with Crippen LogP contribution in [0.3, 0.4) is 0 Å². The quantitative estimate of drug-likeness (QED) is 0.822. The van der Waals surface area contributed by atoms with E-state index in [0.717, 1.165) is 32.4 Å². The first kappa shape index (κ1) is 18.8. The predicted octanol–water partition coefficient (Wildman–Crippen LogP) is 3.57. The summed E-state index contributed by atoms with van der Waals surface area (Å²) in [7, 11) is 0. The molecule has 0 radical (unpaired) electrons. The number of carbonyl (C=O) groups excluding carboxylic acids is 2. The molecule has 0 spiro atoms. The lowest BCUT2D eigenvalue weighted by Crippen LogP contribution is -2.36. The molecule has 1 saturated heterocycles. The summed E-state index contributed by atoms with van der Waals surface area (Å²) in [5.41, 5.74) is 7.77. The molecule has 1 aliphatic rings. The monoisotopic (exact) mass is 359 g/mol. The predicted molar refractivity (Wildman–Crippen MR) is 102 cm³/mol. The molecule has 0 aliphatic carbocycles. The van der Waals surface area contributed by atoms with Crippen LogP contribution in [0.1, 0.15) is 40.0 Å². The molecule has 0 aromatic heterocycles. The van der Waals surface area contributed by atoms with Crippen molar-refractivity contribution in [2.75, 3.05) is 24.1 Å². The zero-order valence-electron chi connectivity index (χ0n) is 13.9. The number of amides is 2. The highest BCUT2D eigenvalue weighted by atomic mass is 35.5. The van der Waals surface area contributed by atoms with E-state index in [4.69, 9.17) is 5.73 Å². The Balaban J connectivity index is 0.00000225. The Morgan fingerprint density at radius 1 is 0.960 bits per heavy atom. The van der Waals surface area contributed by atoms with Crippen molar-refractivity contribution in [1.82, 2.24) is 4.90 Å². The Morgan fingerprint density at radius 2 is 1.68 bits per heavy atom. The molecule has 3 N–H and O–H groups in total.